The minimum Gasteiger partial charge on any atom is -0.392 e. The molecule has 0 radical (unpaired) electrons. The van der Waals surface area contributed by atoms with Crippen LogP contribution in [0, 0.1) is 19.8 Å². The molecular formula is C13H21N3O2S. The number of aliphatic hydroxyl groups excluding tert-OH is 1. The lowest BCUT2D eigenvalue weighted by Crippen LogP contribution is -2.48. The van der Waals surface area contributed by atoms with Gasteiger partial charge in [0, 0.05) is 18.0 Å². The summed E-state index contributed by atoms with van der Waals surface area (Å²) in [6.07, 6.45) is 0.133. The van der Waals surface area contributed by atoms with Crippen LogP contribution in [0.3, 0.4) is 0 Å². The maximum atomic E-state index is 12.1. The van der Waals surface area contributed by atoms with Crippen LogP contribution in [0.2, 0.25) is 0 Å². The topological polar surface area (TPSA) is 65.5 Å². The molecule has 0 aliphatic carbocycles. The number of thiazole rings is 1. The number of aryl methyl sites for hydroxylation is 2. The fourth-order valence-corrected chi connectivity index (χ4v) is 3.27. The van der Waals surface area contributed by atoms with Crippen molar-refractivity contribution in [3.63, 3.8) is 0 Å². The molecule has 0 saturated carbocycles. The van der Waals surface area contributed by atoms with Crippen LogP contribution < -0.4 is 5.32 Å². The number of nitrogens with zero attached hydrogens (tertiary/aromatic N) is 2. The molecule has 1 aromatic rings. The number of carbonyl (C=O) groups is 1. The van der Waals surface area contributed by atoms with Crippen LogP contribution in [0.5, 0.6) is 0 Å². The van der Waals surface area contributed by atoms with Crippen LogP contribution in [0.1, 0.15) is 22.0 Å². The van der Waals surface area contributed by atoms with E-state index in [9.17, 15) is 9.90 Å². The number of rotatable bonds is 3. The van der Waals surface area contributed by atoms with Crippen LogP contribution >= 0.6 is 11.3 Å². The van der Waals surface area contributed by atoms with Crippen LogP contribution in [-0.2, 0) is 11.3 Å². The number of carbonyl (C=O) groups excluding carboxylic acids is 1. The molecule has 106 valence electrons. The summed E-state index contributed by atoms with van der Waals surface area (Å²) in [6.45, 7) is 5.88. The first-order valence-corrected chi connectivity index (χ1v) is 7.36. The fourth-order valence-electron chi connectivity index (χ4n) is 2.40. The molecule has 2 heterocycles. The van der Waals surface area contributed by atoms with Crippen molar-refractivity contribution < 1.29 is 9.90 Å². The lowest BCUT2D eigenvalue weighted by molar-refractivity contribution is -0.131. The zero-order chi connectivity index (χ0) is 14.0. The Balaban J connectivity index is 1.92. The Morgan fingerprint density at radius 1 is 1.58 bits per heavy atom. The van der Waals surface area contributed by atoms with E-state index in [-0.39, 0.29) is 11.8 Å². The molecule has 0 spiro atoms. The van der Waals surface area contributed by atoms with Gasteiger partial charge in [-0.05, 0) is 27.3 Å². The normalized spacial score (nSPS) is 24.4. The van der Waals surface area contributed by atoms with E-state index in [1.807, 2.05) is 20.9 Å². The van der Waals surface area contributed by atoms with Crippen molar-refractivity contribution >= 4 is 17.2 Å². The summed E-state index contributed by atoms with van der Waals surface area (Å²) >= 11 is 1.61. The molecule has 1 fully saturated rings. The van der Waals surface area contributed by atoms with Crippen LogP contribution in [0.15, 0.2) is 0 Å². The summed E-state index contributed by atoms with van der Waals surface area (Å²) in [5.74, 6) is -0.391. The molecule has 1 aliphatic rings. The smallest absolute Gasteiger partial charge is 0.227 e. The first-order chi connectivity index (χ1) is 8.97. The van der Waals surface area contributed by atoms with Gasteiger partial charge in [-0.2, -0.15) is 0 Å². The Morgan fingerprint density at radius 2 is 2.32 bits per heavy atom. The van der Waals surface area contributed by atoms with Gasteiger partial charge in [-0.25, -0.2) is 4.98 Å². The minimum absolute atomic E-state index is 0.0653. The van der Waals surface area contributed by atoms with Gasteiger partial charge in [-0.3, -0.25) is 4.79 Å². The average molecular weight is 283 g/mol. The van der Waals surface area contributed by atoms with E-state index in [1.54, 1.807) is 11.3 Å². The lowest BCUT2D eigenvalue weighted by Gasteiger charge is -2.32. The summed E-state index contributed by atoms with van der Waals surface area (Å²) in [5.41, 5.74) is 0.976. The van der Waals surface area contributed by atoms with Gasteiger partial charge >= 0.3 is 0 Å². The summed E-state index contributed by atoms with van der Waals surface area (Å²) in [5, 5.41) is 13.8. The maximum Gasteiger partial charge on any atom is 0.227 e. The molecule has 19 heavy (non-hydrogen) atoms. The predicted octanol–water partition coefficient (Wildman–Crippen LogP) is 0.689. The molecule has 2 atom stereocenters. The fraction of sp³-hybridized carbons (Fsp3) is 0.692. The van der Waals surface area contributed by atoms with Gasteiger partial charge in [0.1, 0.15) is 0 Å². The van der Waals surface area contributed by atoms with Crippen molar-refractivity contribution in [2.45, 2.75) is 32.9 Å². The first kappa shape index (κ1) is 14.4. The van der Waals surface area contributed by atoms with Gasteiger partial charge in [0.25, 0.3) is 0 Å². The van der Waals surface area contributed by atoms with Crippen molar-refractivity contribution in [3.8, 4) is 0 Å². The van der Waals surface area contributed by atoms with E-state index in [1.165, 1.54) is 0 Å². The number of hydrogen-bond acceptors (Lipinski definition) is 5. The van der Waals surface area contributed by atoms with E-state index in [0.29, 0.717) is 19.5 Å². The molecule has 1 aromatic heterocycles. The Morgan fingerprint density at radius 3 is 2.95 bits per heavy atom. The third-order valence-corrected chi connectivity index (χ3v) is 4.61. The molecule has 1 aliphatic heterocycles. The molecule has 2 N–H and O–H groups in total. The van der Waals surface area contributed by atoms with Gasteiger partial charge < -0.3 is 15.3 Å². The summed E-state index contributed by atoms with van der Waals surface area (Å²) < 4.78 is 0. The molecule has 1 amide bonds. The molecular weight excluding hydrogens is 262 g/mol. The van der Waals surface area contributed by atoms with E-state index >= 15 is 0 Å². The van der Waals surface area contributed by atoms with Crippen molar-refractivity contribution in [1.29, 1.82) is 0 Å². The number of nitrogens with one attached hydrogen (secondary N) is 1. The number of aromatic nitrogens is 1. The third kappa shape index (κ3) is 3.52. The number of hydrogen-bond donors (Lipinski definition) is 2. The molecule has 5 nitrogen and oxygen atoms in total. The van der Waals surface area contributed by atoms with Crippen LogP contribution in [0.25, 0.3) is 0 Å². The Kier molecular flexibility index (Phi) is 4.54. The van der Waals surface area contributed by atoms with E-state index in [4.69, 9.17) is 0 Å². The van der Waals surface area contributed by atoms with Crippen molar-refractivity contribution in [1.82, 2.24) is 15.2 Å². The minimum atomic E-state index is -0.527. The van der Waals surface area contributed by atoms with E-state index in [2.05, 4.69) is 15.2 Å². The van der Waals surface area contributed by atoms with Crippen molar-refractivity contribution in [3.05, 3.63) is 15.6 Å². The van der Waals surface area contributed by atoms with Gasteiger partial charge in [0.05, 0.1) is 29.3 Å². The first-order valence-electron chi connectivity index (χ1n) is 6.54. The molecule has 2 rings (SSSR count). The van der Waals surface area contributed by atoms with Gasteiger partial charge in [-0.15, -0.1) is 11.3 Å². The van der Waals surface area contributed by atoms with E-state index in [0.717, 1.165) is 22.1 Å². The number of piperidine rings is 1. The third-order valence-electron chi connectivity index (χ3n) is 3.54. The quantitative estimate of drug-likeness (QED) is 0.856. The maximum absolute atomic E-state index is 12.1. The Bertz CT molecular complexity index is 461. The number of likely N-dealkylation sites (tertiary alicyclic amines) is 1. The second-order valence-corrected chi connectivity index (χ2v) is 6.47. The SMILES string of the molecule is Cc1nc(C)c(CNC(=O)[C@@H]2CN(C)CC[C@@H]2O)s1. The van der Waals surface area contributed by atoms with E-state index < -0.39 is 6.10 Å². The zero-order valence-corrected chi connectivity index (χ0v) is 12.5. The number of aliphatic hydroxyl groups is 1. The monoisotopic (exact) mass is 283 g/mol. The van der Waals surface area contributed by atoms with Crippen molar-refractivity contribution in [2.24, 2.45) is 5.92 Å². The second kappa shape index (κ2) is 5.98. The second-order valence-electron chi connectivity index (χ2n) is 5.18. The summed E-state index contributed by atoms with van der Waals surface area (Å²) in [7, 11) is 1.98. The summed E-state index contributed by atoms with van der Waals surface area (Å²) in [4.78, 5) is 19.6. The molecule has 6 heteroatoms. The summed E-state index contributed by atoms with van der Waals surface area (Å²) in [6, 6.07) is 0. The zero-order valence-electron chi connectivity index (χ0n) is 11.6. The molecule has 0 aromatic carbocycles. The average Bonchev–Trinajstić information content (AvgIpc) is 2.68. The molecule has 0 unspecified atom stereocenters. The van der Waals surface area contributed by atoms with Gasteiger partial charge in [0.15, 0.2) is 0 Å². The molecule has 1 saturated heterocycles. The van der Waals surface area contributed by atoms with Gasteiger partial charge in [0.2, 0.25) is 5.91 Å². The Hall–Kier alpha value is -0.980. The highest BCUT2D eigenvalue weighted by Gasteiger charge is 2.31. The lowest BCUT2D eigenvalue weighted by atomic mass is 9.94. The van der Waals surface area contributed by atoms with Crippen LogP contribution in [-0.4, -0.2) is 47.1 Å². The predicted molar refractivity (Wildman–Crippen MR) is 75.0 cm³/mol. The highest BCUT2D eigenvalue weighted by Crippen LogP contribution is 2.19. The number of amides is 1. The highest BCUT2D eigenvalue weighted by molar-refractivity contribution is 7.11. The van der Waals surface area contributed by atoms with Crippen molar-refractivity contribution in [2.75, 3.05) is 20.1 Å². The van der Waals surface area contributed by atoms with Crippen LogP contribution in [0.4, 0.5) is 0 Å². The standard InChI is InChI=1S/C13H21N3O2S/c1-8-12(19-9(2)15-8)6-14-13(18)10-7-16(3)5-4-11(10)17/h10-11,17H,4-7H2,1-3H3,(H,14,18)/t10-,11+/m1/s1. The largest absolute Gasteiger partial charge is 0.392 e. The highest BCUT2D eigenvalue weighted by atomic mass is 32.1. The Labute approximate surface area is 117 Å². The molecule has 0 bridgehead atoms. The van der Waals surface area contributed by atoms with Gasteiger partial charge in [-0.1, -0.05) is 0 Å².